The van der Waals surface area contributed by atoms with Gasteiger partial charge in [-0.25, -0.2) is 8.78 Å². The van der Waals surface area contributed by atoms with Crippen LogP contribution >= 0.6 is 0 Å². The Morgan fingerprint density at radius 3 is 2.74 bits per heavy atom. The lowest BCUT2D eigenvalue weighted by Crippen LogP contribution is -2.39. The average Bonchev–Trinajstić information content (AvgIpc) is 3.21. The lowest BCUT2D eigenvalue weighted by atomic mass is 9.97. The van der Waals surface area contributed by atoms with Crippen LogP contribution < -0.4 is 0 Å². The number of hydrogen-bond acceptors (Lipinski definition) is 5. The molecule has 0 saturated carbocycles. The maximum Gasteiger partial charge on any atom is 0.253 e. The van der Waals surface area contributed by atoms with E-state index in [0.29, 0.717) is 24.8 Å². The number of amides is 1. The zero-order valence-corrected chi connectivity index (χ0v) is 14.3. The fourth-order valence-electron chi connectivity index (χ4n) is 3.19. The molecule has 6 nitrogen and oxygen atoms in total. The van der Waals surface area contributed by atoms with E-state index in [0.717, 1.165) is 30.5 Å². The quantitative estimate of drug-likeness (QED) is 0.706. The van der Waals surface area contributed by atoms with Crippen molar-refractivity contribution in [1.29, 1.82) is 0 Å². The summed E-state index contributed by atoms with van der Waals surface area (Å²) in [7, 11) is 0. The number of nitrogens with zero attached hydrogens (tertiary/aromatic N) is 4. The molecule has 1 atom stereocenters. The van der Waals surface area contributed by atoms with E-state index in [2.05, 4.69) is 15.1 Å². The lowest BCUT2D eigenvalue weighted by molar-refractivity contribution is 0.0695. The Bertz CT molecular complexity index is 961. The minimum absolute atomic E-state index is 0.101. The van der Waals surface area contributed by atoms with Crippen LogP contribution in [0.5, 0.6) is 0 Å². The average molecular weight is 370 g/mol. The Morgan fingerprint density at radius 2 is 1.96 bits per heavy atom. The van der Waals surface area contributed by atoms with Crippen molar-refractivity contribution in [2.45, 2.75) is 18.8 Å². The molecule has 1 aliphatic rings. The number of pyridine rings is 1. The standard InChI is InChI=1S/C19H16F2N4O2/c20-15-4-3-13(10-16(15)21)19(26)25-9-1-2-14(11-25)18-23-17(24-27-18)12-5-7-22-8-6-12/h3-8,10,14H,1-2,9,11H2/t14-/m0/s1. The van der Waals surface area contributed by atoms with E-state index < -0.39 is 11.6 Å². The highest BCUT2D eigenvalue weighted by Crippen LogP contribution is 2.28. The second-order valence-corrected chi connectivity index (χ2v) is 6.41. The minimum atomic E-state index is -1.03. The molecular formula is C19H16F2N4O2. The number of benzene rings is 1. The smallest absolute Gasteiger partial charge is 0.253 e. The van der Waals surface area contributed by atoms with Gasteiger partial charge in [-0.1, -0.05) is 5.16 Å². The van der Waals surface area contributed by atoms with Gasteiger partial charge >= 0.3 is 0 Å². The molecule has 0 aliphatic carbocycles. The summed E-state index contributed by atoms with van der Waals surface area (Å²) in [6.07, 6.45) is 4.86. The molecule has 0 radical (unpaired) electrons. The topological polar surface area (TPSA) is 72.1 Å². The van der Waals surface area contributed by atoms with Crippen LogP contribution in [0.15, 0.2) is 47.2 Å². The molecule has 8 heteroatoms. The van der Waals surface area contributed by atoms with E-state index in [1.807, 2.05) is 0 Å². The summed E-state index contributed by atoms with van der Waals surface area (Å²) in [5, 5.41) is 4.00. The van der Waals surface area contributed by atoms with Gasteiger partial charge in [-0.15, -0.1) is 0 Å². The molecule has 4 rings (SSSR count). The largest absolute Gasteiger partial charge is 0.339 e. The van der Waals surface area contributed by atoms with Gasteiger partial charge in [-0.05, 0) is 43.2 Å². The molecule has 3 heterocycles. The number of rotatable bonds is 3. The Morgan fingerprint density at radius 1 is 1.15 bits per heavy atom. The van der Waals surface area contributed by atoms with E-state index in [4.69, 9.17) is 4.52 Å². The van der Waals surface area contributed by atoms with E-state index >= 15 is 0 Å². The number of carbonyl (C=O) groups is 1. The van der Waals surface area contributed by atoms with Crippen LogP contribution in [0.2, 0.25) is 0 Å². The summed E-state index contributed by atoms with van der Waals surface area (Å²) in [6.45, 7) is 0.926. The molecule has 2 aromatic heterocycles. The van der Waals surface area contributed by atoms with Crippen molar-refractivity contribution in [1.82, 2.24) is 20.0 Å². The second-order valence-electron chi connectivity index (χ2n) is 6.41. The summed E-state index contributed by atoms with van der Waals surface area (Å²) in [6, 6.07) is 6.75. The van der Waals surface area contributed by atoms with E-state index in [1.165, 1.54) is 6.07 Å². The molecule has 1 fully saturated rings. The van der Waals surface area contributed by atoms with E-state index in [-0.39, 0.29) is 17.4 Å². The van der Waals surface area contributed by atoms with Crippen LogP contribution in [0.4, 0.5) is 8.78 Å². The predicted molar refractivity (Wildman–Crippen MR) is 91.8 cm³/mol. The molecule has 3 aromatic rings. The summed E-state index contributed by atoms with van der Waals surface area (Å²) in [5.41, 5.74) is 0.920. The van der Waals surface area contributed by atoms with Crippen molar-refractivity contribution in [3.8, 4) is 11.4 Å². The fourth-order valence-corrected chi connectivity index (χ4v) is 3.19. The first-order chi connectivity index (χ1) is 13.1. The molecule has 0 unspecified atom stereocenters. The van der Waals surface area contributed by atoms with Crippen molar-refractivity contribution in [3.05, 3.63) is 65.8 Å². The third kappa shape index (κ3) is 3.55. The van der Waals surface area contributed by atoms with Crippen LogP contribution in [0.3, 0.4) is 0 Å². The van der Waals surface area contributed by atoms with Crippen molar-refractivity contribution in [2.75, 3.05) is 13.1 Å². The van der Waals surface area contributed by atoms with Crippen molar-refractivity contribution in [2.24, 2.45) is 0 Å². The first-order valence-electron chi connectivity index (χ1n) is 8.60. The highest BCUT2D eigenvalue weighted by molar-refractivity contribution is 5.94. The summed E-state index contributed by atoms with van der Waals surface area (Å²) >= 11 is 0. The minimum Gasteiger partial charge on any atom is -0.339 e. The number of halogens is 2. The molecule has 1 saturated heterocycles. The van der Waals surface area contributed by atoms with E-state index in [1.54, 1.807) is 29.4 Å². The monoisotopic (exact) mass is 370 g/mol. The first kappa shape index (κ1) is 17.3. The van der Waals surface area contributed by atoms with Crippen molar-refractivity contribution < 1.29 is 18.1 Å². The van der Waals surface area contributed by atoms with Gasteiger partial charge < -0.3 is 9.42 Å². The van der Waals surface area contributed by atoms with Gasteiger partial charge in [0.1, 0.15) is 0 Å². The second kappa shape index (κ2) is 7.22. The van der Waals surface area contributed by atoms with Crippen LogP contribution in [-0.4, -0.2) is 39.0 Å². The number of piperidine rings is 1. The van der Waals surface area contributed by atoms with Crippen molar-refractivity contribution in [3.63, 3.8) is 0 Å². The molecule has 1 amide bonds. The highest BCUT2D eigenvalue weighted by Gasteiger charge is 2.29. The van der Waals surface area contributed by atoms with Crippen molar-refractivity contribution >= 4 is 5.91 Å². The van der Waals surface area contributed by atoms with Crippen LogP contribution in [-0.2, 0) is 0 Å². The normalized spacial score (nSPS) is 17.1. The fraction of sp³-hybridized carbons (Fsp3) is 0.263. The summed E-state index contributed by atoms with van der Waals surface area (Å²) < 4.78 is 31.9. The summed E-state index contributed by atoms with van der Waals surface area (Å²) in [5.74, 6) is -1.52. The molecule has 0 bridgehead atoms. The predicted octanol–water partition coefficient (Wildman–Crippen LogP) is 3.43. The molecular weight excluding hydrogens is 354 g/mol. The third-order valence-corrected chi connectivity index (χ3v) is 4.60. The summed E-state index contributed by atoms with van der Waals surface area (Å²) in [4.78, 5) is 22.6. The number of hydrogen-bond donors (Lipinski definition) is 0. The van der Waals surface area contributed by atoms with Gasteiger partial charge in [-0.2, -0.15) is 4.98 Å². The van der Waals surface area contributed by atoms with Crippen LogP contribution in [0.1, 0.15) is 35.0 Å². The lowest BCUT2D eigenvalue weighted by Gasteiger charge is -2.31. The van der Waals surface area contributed by atoms with E-state index in [9.17, 15) is 13.6 Å². The molecule has 0 N–H and O–H groups in total. The Kier molecular flexibility index (Phi) is 4.62. The van der Waals surface area contributed by atoms with Gasteiger partial charge in [0.05, 0.1) is 5.92 Å². The SMILES string of the molecule is O=C(c1ccc(F)c(F)c1)N1CCC[C@H](c2nc(-c3ccncc3)no2)C1. The molecule has 27 heavy (non-hydrogen) atoms. The Hall–Kier alpha value is -3.16. The molecule has 138 valence electrons. The Balaban J connectivity index is 1.50. The Labute approximate surface area is 153 Å². The highest BCUT2D eigenvalue weighted by atomic mass is 19.2. The molecule has 1 aromatic carbocycles. The molecule has 1 aliphatic heterocycles. The van der Waals surface area contributed by atoms with Gasteiger partial charge in [0.2, 0.25) is 11.7 Å². The van der Waals surface area contributed by atoms with Gasteiger partial charge in [0.15, 0.2) is 11.6 Å². The van der Waals surface area contributed by atoms with Gasteiger partial charge in [0, 0.05) is 36.6 Å². The zero-order chi connectivity index (χ0) is 18.8. The first-order valence-corrected chi connectivity index (χ1v) is 8.60. The molecule has 0 spiro atoms. The number of aromatic nitrogens is 3. The zero-order valence-electron chi connectivity index (χ0n) is 14.3. The van der Waals surface area contributed by atoms with Crippen LogP contribution in [0.25, 0.3) is 11.4 Å². The maximum atomic E-state index is 13.4. The third-order valence-electron chi connectivity index (χ3n) is 4.60. The van der Waals surface area contributed by atoms with Gasteiger partial charge in [-0.3, -0.25) is 9.78 Å². The van der Waals surface area contributed by atoms with Crippen LogP contribution in [0, 0.1) is 11.6 Å². The number of carbonyl (C=O) groups excluding carboxylic acids is 1. The maximum absolute atomic E-state index is 13.4. The van der Waals surface area contributed by atoms with Gasteiger partial charge in [0.25, 0.3) is 5.91 Å². The number of likely N-dealkylation sites (tertiary alicyclic amines) is 1.